The fourth-order valence-electron chi connectivity index (χ4n) is 3.34. The molecule has 1 saturated heterocycles. The average Bonchev–Trinajstić information content (AvgIpc) is 2.76. The van der Waals surface area contributed by atoms with E-state index >= 15 is 0 Å². The molecule has 1 aromatic heterocycles. The lowest BCUT2D eigenvalue weighted by molar-refractivity contribution is 0.0644. The summed E-state index contributed by atoms with van der Waals surface area (Å²) in [7, 11) is 0. The standard InChI is InChI=1S/C22H29N5O/c1-3-26(4-2)21-18-23-20(17-24-21)22(28)27-15-13-25(14-16-27)12-8-11-19-9-6-5-7-10-19/h5-11,17-18H,3-4,12-16H2,1-2H3/b11-8+. The highest BCUT2D eigenvalue weighted by atomic mass is 16.2. The number of anilines is 1. The van der Waals surface area contributed by atoms with Gasteiger partial charge in [0.25, 0.3) is 5.91 Å². The average molecular weight is 380 g/mol. The number of rotatable bonds is 7. The van der Waals surface area contributed by atoms with Crippen molar-refractivity contribution in [1.82, 2.24) is 19.8 Å². The van der Waals surface area contributed by atoms with Crippen molar-refractivity contribution in [3.63, 3.8) is 0 Å². The molecule has 0 atom stereocenters. The van der Waals surface area contributed by atoms with Crippen molar-refractivity contribution in [1.29, 1.82) is 0 Å². The van der Waals surface area contributed by atoms with Crippen LogP contribution in [-0.4, -0.2) is 71.5 Å². The first kappa shape index (κ1) is 20.0. The van der Waals surface area contributed by atoms with Crippen molar-refractivity contribution in [2.75, 3.05) is 50.7 Å². The fraction of sp³-hybridized carbons (Fsp3) is 0.409. The van der Waals surface area contributed by atoms with E-state index in [1.807, 2.05) is 23.1 Å². The van der Waals surface area contributed by atoms with Gasteiger partial charge in [-0.05, 0) is 19.4 Å². The normalized spacial score (nSPS) is 15.1. The number of nitrogens with zero attached hydrogens (tertiary/aromatic N) is 5. The highest BCUT2D eigenvalue weighted by Crippen LogP contribution is 2.11. The van der Waals surface area contributed by atoms with Crippen LogP contribution in [0.1, 0.15) is 29.9 Å². The van der Waals surface area contributed by atoms with Crippen LogP contribution in [-0.2, 0) is 0 Å². The van der Waals surface area contributed by atoms with Crippen LogP contribution in [0.5, 0.6) is 0 Å². The molecule has 0 saturated carbocycles. The molecule has 0 radical (unpaired) electrons. The minimum absolute atomic E-state index is 0.0296. The number of hydrogen-bond acceptors (Lipinski definition) is 5. The Bertz CT molecular complexity index is 763. The van der Waals surface area contributed by atoms with Crippen molar-refractivity contribution >= 4 is 17.8 Å². The molecule has 6 nitrogen and oxygen atoms in total. The van der Waals surface area contributed by atoms with E-state index in [1.165, 1.54) is 5.56 Å². The van der Waals surface area contributed by atoms with Gasteiger partial charge in [0.2, 0.25) is 0 Å². The molecule has 0 N–H and O–H groups in total. The summed E-state index contributed by atoms with van der Waals surface area (Å²) in [5, 5.41) is 0. The SMILES string of the molecule is CCN(CC)c1cnc(C(=O)N2CCN(C/C=C/c3ccccc3)CC2)cn1. The summed E-state index contributed by atoms with van der Waals surface area (Å²) in [6, 6.07) is 10.3. The van der Waals surface area contributed by atoms with Gasteiger partial charge < -0.3 is 9.80 Å². The Balaban J connectivity index is 1.49. The van der Waals surface area contributed by atoms with Crippen LogP contribution < -0.4 is 4.90 Å². The molecule has 1 fully saturated rings. The summed E-state index contributed by atoms with van der Waals surface area (Å²) in [6.45, 7) is 9.99. The first-order valence-electron chi connectivity index (χ1n) is 10.0. The minimum Gasteiger partial charge on any atom is -0.356 e. The van der Waals surface area contributed by atoms with E-state index in [1.54, 1.807) is 12.4 Å². The molecule has 148 valence electrons. The summed E-state index contributed by atoms with van der Waals surface area (Å²) in [5.74, 6) is 0.787. The Morgan fingerprint density at radius 1 is 1.04 bits per heavy atom. The highest BCUT2D eigenvalue weighted by molar-refractivity contribution is 5.92. The number of hydrogen-bond donors (Lipinski definition) is 0. The van der Waals surface area contributed by atoms with Crippen LogP contribution in [0, 0.1) is 0 Å². The van der Waals surface area contributed by atoms with Crippen molar-refractivity contribution in [2.45, 2.75) is 13.8 Å². The second-order valence-corrected chi connectivity index (χ2v) is 6.84. The number of piperazine rings is 1. The van der Waals surface area contributed by atoms with E-state index in [2.05, 4.69) is 57.9 Å². The van der Waals surface area contributed by atoms with Gasteiger partial charge in [-0.1, -0.05) is 42.5 Å². The second kappa shape index (κ2) is 9.99. The monoisotopic (exact) mass is 379 g/mol. The molecule has 1 aliphatic heterocycles. The van der Waals surface area contributed by atoms with Crippen LogP contribution >= 0.6 is 0 Å². The molecule has 1 aromatic carbocycles. The van der Waals surface area contributed by atoms with Crippen LogP contribution in [0.25, 0.3) is 6.08 Å². The van der Waals surface area contributed by atoms with Gasteiger partial charge in [0.05, 0.1) is 12.4 Å². The van der Waals surface area contributed by atoms with Crippen molar-refractivity contribution in [2.24, 2.45) is 0 Å². The molecular weight excluding hydrogens is 350 g/mol. The first-order chi connectivity index (χ1) is 13.7. The molecule has 0 unspecified atom stereocenters. The summed E-state index contributed by atoms with van der Waals surface area (Å²) in [5.41, 5.74) is 1.64. The summed E-state index contributed by atoms with van der Waals surface area (Å²) in [6.07, 6.45) is 7.63. The van der Waals surface area contributed by atoms with E-state index in [0.717, 1.165) is 51.6 Å². The topological polar surface area (TPSA) is 52.6 Å². The number of amides is 1. The predicted molar refractivity (Wildman–Crippen MR) is 113 cm³/mol. The van der Waals surface area contributed by atoms with E-state index < -0.39 is 0 Å². The Morgan fingerprint density at radius 2 is 1.75 bits per heavy atom. The summed E-state index contributed by atoms with van der Waals surface area (Å²) < 4.78 is 0. The molecule has 0 aliphatic carbocycles. The lowest BCUT2D eigenvalue weighted by Crippen LogP contribution is -2.48. The third-order valence-electron chi connectivity index (χ3n) is 5.08. The van der Waals surface area contributed by atoms with Gasteiger partial charge >= 0.3 is 0 Å². The predicted octanol–water partition coefficient (Wildman–Crippen LogP) is 2.79. The first-order valence-corrected chi connectivity index (χ1v) is 10.0. The quantitative estimate of drug-likeness (QED) is 0.740. The zero-order chi connectivity index (χ0) is 19.8. The zero-order valence-corrected chi connectivity index (χ0v) is 16.8. The maximum absolute atomic E-state index is 12.7. The Labute approximate surface area is 167 Å². The van der Waals surface area contributed by atoms with Crippen molar-refractivity contribution in [3.8, 4) is 0 Å². The molecule has 1 amide bonds. The minimum atomic E-state index is -0.0296. The maximum Gasteiger partial charge on any atom is 0.274 e. The van der Waals surface area contributed by atoms with Crippen LogP contribution in [0.15, 0.2) is 48.8 Å². The Morgan fingerprint density at radius 3 is 2.36 bits per heavy atom. The molecule has 1 aliphatic rings. The van der Waals surface area contributed by atoms with Gasteiger partial charge in [0.15, 0.2) is 0 Å². The van der Waals surface area contributed by atoms with Gasteiger partial charge in [-0.15, -0.1) is 0 Å². The smallest absolute Gasteiger partial charge is 0.274 e. The van der Waals surface area contributed by atoms with Gasteiger partial charge in [-0.3, -0.25) is 9.69 Å². The molecule has 6 heteroatoms. The highest BCUT2D eigenvalue weighted by Gasteiger charge is 2.22. The van der Waals surface area contributed by atoms with Crippen molar-refractivity contribution < 1.29 is 4.79 Å². The Kier molecular flexibility index (Phi) is 7.14. The van der Waals surface area contributed by atoms with E-state index in [-0.39, 0.29) is 5.91 Å². The molecule has 0 spiro atoms. The molecule has 2 heterocycles. The van der Waals surface area contributed by atoms with Gasteiger partial charge in [0, 0.05) is 45.8 Å². The lowest BCUT2D eigenvalue weighted by Gasteiger charge is -2.34. The van der Waals surface area contributed by atoms with Crippen LogP contribution in [0.4, 0.5) is 5.82 Å². The molecular formula is C22H29N5O. The summed E-state index contributed by atoms with van der Waals surface area (Å²) >= 11 is 0. The lowest BCUT2D eigenvalue weighted by atomic mass is 10.2. The Hall–Kier alpha value is -2.73. The third kappa shape index (κ3) is 5.16. The van der Waals surface area contributed by atoms with Crippen LogP contribution in [0.3, 0.4) is 0 Å². The van der Waals surface area contributed by atoms with E-state index in [9.17, 15) is 4.79 Å². The number of aromatic nitrogens is 2. The molecule has 28 heavy (non-hydrogen) atoms. The number of carbonyl (C=O) groups is 1. The maximum atomic E-state index is 12.7. The molecule has 0 bridgehead atoms. The molecule has 2 aromatic rings. The van der Waals surface area contributed by atoms with E-state index in [0.29, 0.717) is 5.69 Å². The second-order valence-electron chi connectivity index (χ2n) is 6.84. The van der Waals surface area contributed by atoms with Gasteiger partial charge in [-0.2, -0.15) is 0 Å². The number of carbonyl (C=O) groups excluding carboxylic acids is 1. The van der Waals surface area contributed by atoms with Crippen LogP contribution in [0.2, 0.25) is 0 Å². The zero-order valence-electron chi connectivity index (χ0n) is 16.8. The van der Waals surface area contributed by atoms with Crippen molar-refractivity contribution in [3.05, 3.63) is 60.1 Å². The molecule has 3 rings (SSSR count). The number of benzene rings is 1. The van der Waals surface area contributed by atoms with E-state index in [4.69, 9.17) is 0 Å². The van der Waals surface area contributed by atoms with Gasteiger partial charge in [-0.25, -0.2) is 9.97 Å². The third-order valence-corrected chi connectivity index (χ3v) is 5.08. The fourth-order valence-corrected chi connectivity index (χ4v) is 3.34. The summed E-state index contributed by atoms with van der Waals surface area (Å²) in [4.78, 5) is 27.8. The van der Waals surface area contributed by atoms with Gasteiger partial charge in [0.1, 0.15) is 11.5 Å². The largest absolute Gasteiger partial charge is 0.356 e.